The Kier molecular flexibility index (Phi) is 3.79. The molecule has 1 aliphatic rings. The quantitative estimate of drug-likeness (QED) is 0.890. The van der Waals surface area contributed by atoms with Gasteiger partial charge >= 0.3 is 0 Å². The van der Waals surface area contributed by atoms with Gasteiger partial charge in [0.25, 0.3) is 0 Å². The number of anilines is 1. The van der Waals surface area contributed by atoms with Gasteiger partial charge in [0.1, 0.15) is 0 Å². The second kappa shape index (κ2) is 5.71. The van der Waals surface area contributed by atoms with Crippen LogP contribution in [0.1, 0.15) is 24.4 Å². The Hall–Kier alpha value is -1.74. The molecule has 1 saturated carbocycles. The first-order chi connectivity index (χ1) is 9.78. The highest BCUT2D eigenvalue weighted by Gasteiger charge is 2.32. The highest BCUT2D eigenvalue weighted by Crippen LogP contribution is 2.43. The molecule has 1 unspecified atom stereocenters. The summed E-state index contributed by atoms with van der Waals surface area (Å²) in [5.41, 5.74) is 2.18. The van der Waals surface area contributed by atoms with Crippen LogP contribution in [0.5, 0.6) is 5.88 Å². The lowest BCUT2D eigenvalue weighted by Gasteiger charge is -2.21. The molecule has 1 aromatic carbocycles. The van der Waals surface area contributed by atoms with Crippen LogP contribution in [0.4, 0.5) is 5.69 Å². The zero-order valence-electron chi connectivity index (χ0n) is 11.3. The van der Waals surface area contributed by atoms with Gasteiger partial charge in [0.05, 0.1) is 18.8 Å². The van der Waals surface area contributed by atoms with E-state index in [0.29, 0.717) is 11.8 Å². The summed E-state index contributed by atoms with van der Waals surface area (Å²) in [5, 5.41) is 4.33. The van der Waals surface area contributed by atoms with Crippen molar-refractivity contribution in [1.82, 2.24) is 4.98 Å². The molecule has 1 atom stereocenters. The van der Waals surface area contributed by atoms with Crippen molar-refractivity contribution in [2.24, 2.45) is 5.92 Å². The molecule has 3 nitrogen and oxygen atoms in total. The Bertz CT molecular complexity index is 581. The van der Waals surface area contributed by atoms with Gasteiger partial charge in [0.15, 0.2) is 0 Å². The van der Waals surface area contributed by atoms with Gasteiger partial charge in [0.2, 0.25) is 5.88 Å². The van der Waals surface area contributed by atoms with E-state index in [9.17, 15) is 0 Å². The van der Waals surface area contributed by atoms with Crippen LogP contribution in [0, 0.1) is 5.92 Å². The number of halogens is 1. The van der Waals surface area contributed by atoms with Crippen molar-refractivity contribution in [2.45, 2.75) is 18.9 Å². The van der Waals surface area contributed by atoms with E-state index >= 15 is 0 Å². The summed E-state index contributed by atoms with van der Waals surface area (Å²) in [7, 11) is 1.64. The highest BCUT2D eigenvalue weighted by molar-refractivity contribution is 6.30. The summed E-state index contributed by atoms with van der Waals surface area (Å²) < 4.78 is 5.31. The van der Waals surface area contributed by atoms with Crippen LogP contribution in [0.3, 0.4) is 0 Å². The Morgan fingerprint density at radius 2 is 2.00 bits per heavy atom. The lowest BCUT2D eigenvalue weighted by molar-refractivity contribution is 0.399. The highest BCUT2D eigenvalue weighted by atomic mass is 35.5. The fraction of sp³-hybridized carbons (Fsp3) is 0.312. The molecule has 0 bridgehead atoms. The molecule has 0 spiro atoms. The minimum Gasteiger partial charge on any atom is -0.480 e. The van der Waals surface area contributed by atoms with Crippen molar-refractivity contribution in [3.8, 4) is 5.88 Å². The van der Waals surface area contributed by atoms with Crippen molar-refractivity contribution < 1.29 is 4.74 Å². The summed E-state index contributed by atoms with van der Waals surface area (Å²) in [4.78, 5) is 4.23. The van der Waals surface area contributed by atoms with Crippen LogP contribution < -0.4 is 10.1 Å². The first-order valence-electron chi connectivity index (χ1n) is 6.79. The van der Waals surface area contributed by atoms with Crippen molar-refractivity contribution >= 4 is 17.3 Å². The van der Waals surface area contributed by atoms with E-state index in [1.54, 1.807) is 13.3 Å². The van der Waals surface area contributed by atoms with Crippen LogP contribution >= 0.6 is 11.6 Å². The smallest absolute Gasteiger partial charge is 0.237 e. The SMILES string of the molecule is COc1ncccc1NC(c1ccc(Cl)cc1)C1CC1. The van der Waals surface area contributed by atoms with Crippen molar-refractivity contribution in [2.75, 3.05) is 12.4 Å². The maximum atomic E-state index is 5.97. The van der Waals surface area contributed by atoms with Gasteiger partial charge in [-0.2, -0.15) is 0 Å². The van der Waals surface area contributed by atoms with Gasteiger partial charge < -0.3 is 10.1 Å². The van der Waals surface area contributed by atoms with Gasteiger partial charge in [-0.3, -0.25) is 0 Å². The molecule has 1 N–H and O–H groups in total. The lowest BCUT2D eigenvalue weighted by Crippen LogP contribution is -2.13. The first kappa shape index (κ1) is 13.3. The van der Waals surface area contributed by atoms with Gasteiger partial charge in [-0.05, 0) is 48.6 Å². The van der Waals surface area contributed by atoms with Crippen molar-refractivity contribution in [3.63, 3.8) is 0 Å². The summed E-state index contributed by atoms with van der Waals surface area (Å²) >= 11 is 5.97. The number of nitrogens with zero attached hydrogens (tertiary/aromatic N) is 1. The number of hydrogen-bond donors (Lipinski definition) is 1. The zero-order valence-corrected chi connectivity index (χ0v) is 12.1. The topological polar surface area (TPSA) is 34.1 Å². The fourth-order valence-electron chi connectivity index (χ4n) is 2.40. The monoisotopic (exact) mass is 288 g/mol. The molecular formula is C16H17ClN2O. The van der Waals surface area contributed by atoms with E-state index in [1.165, 1.54) is 18.4 Å². The second-order valence-corrected chi connectivity index (χ2v) is 5.51. The normalized spacial score (nSPS) is 15.7. The molecule has 20 heavy (non-hydrogen) atoms. The van der Waals surface area contributed by atoms with Crippen LogP contribution in [0.25, 0.3) is 0 Å². The molecule has 1 aliphatic carbocycles. The number of pyridine rings is 1. The Morgan fingerprint density at radius 3 is 2.65 bits per heavy atom. The Balaban J connectivity index is 1.86. The molecule has 0 saturated heterocycles. The molecule has 0 radical (unpaired) electrons. The Morgan fingerprint density at radius 1 is 1.25 bits per heavy atom. The molecule has 0 aliphatic heterocycles. The molecule has 1 aromatic heterocycles. The third-order valence-corrected chi connectivity index (χ3v) is 3.85. The van der Waals surface area contributed by atoms with Crippen LogP contribution in [-0.2, 0) is 0 Å². The number of nitrogens with one attached hydrogen (secondary N) is 1. The van der Waals surface area contributed by atoms with E-state index in [1.807, 2.05) is 24.3 Å². The minimum absolute atomic E-state index is 0.283. The summed E-state index contributed by atoms with van der Waals surface area (Å²) in [5.74, 6) is 1.30. The molecule has 1 heterocycles. The van der Waals surface area contributed by atoms with Crippen molar-refractivity contribution in [1.29, 1.82) is 0 Å². The molecule has 2 aromatic rings. The summed E-state index contributed by atoms with van der Waals surface area (Å²) in [6.45, 7) is 0. The number of methoxy groups -OCH3 is 1. The first-order valence-corrected chi connectivity index (χ1v) is 7.17. The number of hydrogen-bond acceptors (Lipinski definition) is 3. The fourth-order valence-corrected chi connectivity index (χ4v) is 2.53. The predicted molar refractivity (Wildman–Crippen MR) is 81.3 cm³/mol. The third kappa shape index (κ3) is 2.88. The van der Waals surface area contributed by atoms with E-state index in [2.05, 4.69) is 22.4 Å². The largest absolute Gasteiger partial charge is 0.480 e. The van der Waals surface area contributed by atoms with E-state index < -0.39 is 0 Å². The minimum atomic E-state index is 0.283. The van der Waals surface area contributed by atoms with Gasteiger partial charge in [-0.15, -0.1) is 0 Å². The standard InChI is InChI=1S/C16H17ClN2O/c1-20-16-14(3-2-10-18-16)19-15(11-4-5-11)12-6-8-13(17)9-7-12/h2-3,6-11,15,19H,4-5H2,1H3. The number of ether oxygens (including phenoxy) is 1. The van der Waals surface area contributed by atoms with Gasteiger partial charge in [-0.1, -0.05) is 23.7 Å². The molecule has 4 heteroatoms. The molecular weight excluding hydrogens is 272 g/mol. The molecule has 1 fully saturated rings. The summed E-state index contributed by atoms with van der Waals surface area (Å²) in [6, 6.07) is 12.2. The number of benzene rings is 1. The number of rotatable bonds is 5. The Labute approximate surface area is 123 Å². The maximum absolute atomic E-state index is 5.97. The van der Waals surface area contributed by atoms with E-state index in [-0.39, 0.29) is 6.04 Å². The molecule has 0 amide bonds. The van der Waals surface area contributed by atoms with E-state index in [0.717, 1.165) is 10.7 Å². The van der Waals surface area contributed by atoms with Crippen LogP contribution in [0.15, 0.2) is 42.6 Å². The summed E-state index contributed by atoms with van der Waals surface area (Å²) in [6.07, 6.45) is 4.24. The zero-order chi connectivity index (χ0) is 13.9. The average Bonchev–Trinajstić information content (AvgIpc) is 3.31. The number of aromatic nitrogens is 1. The lowest BCUT2D eigenvalue weighted by atomic mass is 10.0. The van der Waals surface area contributed by atoms with Gasteiger partial charge in [-0.25, -0.2) is 4.98 Å². The molecule has 3 rings (SSSR count). The van der Waals surface area contributed by atoms with Crippen LogP contribution in [0.2, 0.25) is 5.02 Å². The van der Waals surface area contributed by atoms with Crippen LogP contribution in [-0.4, -0.2) is 12.1 Å². The predicted octanol–water partition coefficient (Wildman–Crippen LogP) is 4.31. The second-order valence-electron chi connectivity index (χ2n) is 5.07. The van der Waals surface area contributed by atoms with Gasteiger partial charge in [0, 0.05) is 11.2 Å². The van der Waals surface area contributed by atoms with E-state index in [4.69, 9.17) is 16.3 Å². The molecule has 104 valence electrons. The van der Waals surface area contributed by atoms with Crippen molar-refractivity contribution in [3.05, 3.63) is 53.2 Å². The third-order valence-electron chi connectivity index (χ3n) is 3.60. The average molecular weight is 289 g/mol. The maximum Gasteiger partial charge on any atom is 0.237 e.